The van der Waals surface area contributed by atoms with E-state index in [1.807, 2.05) is 24.3 Å². The lowest BCUT2D eigenvalue weighted by molar-refractivity contribution is -0.0490. The van der Waals surface area contributed by atoms with Crippen LogP contribution in [0.3, 0.4) is 0 Å². The zero-order valence-electron chi connectivity index (χ0n) is 12.4. The Balaban J connectivity index is 1.84. The van der Waals surface area contributed by atoms with Gasteiger partial charge < -0.3 is 4.90 Å². The first-order valence-electron chi connectivity index (χ1n) is 7.47. The van der Waals surface area contributed by atoms with Crippen molar-refractivity contribution in [2.75, 3.05) is 7.05 Å². The predicted octanol–water partition coefficient (Wildman–Crippen LogP) is 3.88. The number of pyridine rings is 1. The molecule has 1 aromatic heterocycles. The number of hydrogen-bond donors (Lipinski definition) is 0. The minimum atomic E-state index is -2.58. The van der Waals surface area contributed by atoms with Gasteiger partial charge in [-0.15, -0.1) is 0 Å². The molecular weight excluding hydrogens is 286 g/mol. The van der Waals surface area contributed by atoms with Crippen molar-refractivity contribution in [2.24, 2.45) is 0 Å². The summed E-state index contributed by atoms with van der Waals surface area (Å²) in [5.41, 5.74) is 1.34. The fourth-order valence-electron chi connectivity index (χ4n) is 3.05. The Bertz CT molecular complexity index is 687. The predicted molar refractivity (Wildman–Crippen MR) is 81.0 cm³/mol. The molecular formula is C17H18F2N2O. The molecule has 1 saturated carbocycles. The van der Waals surface area contributed by atoms with Gasteiger partial charge in [0, 0.05) is 37.5 Å². The number of amides is 1. The maximum atomic E-state index is 13.3. The van der Waals surface area contributed by atoms with Crippen molar-refractivity contribution in [1.82, 2.24) is 9.88 Å². The number of aromatic nitrogens is 1. The molecule has 1 fully saturated rings. The van der Waals surface area contributed by atoms with Gasteiger partial charge in [-0.1, -0.05) is 18.2 Å². The zero-order valence-corrected chi connectivity index (χ0v) is 12.4. The fraction of sp³-hybridized carbons (Fsp3) is 0.412. The number of benzene rings is 1. The molecule has 3 rings (SSSR count). The minimum Gasteiger partial charge on any atom is -0.339 e. The Morgan fingerprint density at radius 1 is 1.23 bits per heavy atom. The third-order valence-electron chi connectivity index (χ3n) is 4.43. The summed E-state index contributed by atoms with van der Waals surface area (Å²) in [7, 11) is 1.70. The lowest BCUT2D eigenvalue weighted by atomic mass is 9.91. The highest BCUT2D eigenvalue weighted by Gasteiger charge is 2.37. The van der Waals surface area contributed by atoms with Gasteiger partial charge in [-0.25, -0.2) is 8.78 Å². The molecule has 0 N–H and O–H groups in total. The second-order valence-corrected chi connectivity index (χ2v) is 5.88. The van der Waals surface area contributed by atoms with Crippen molar-refractivity contribution < 1.29 is 13.6 Å². The average Bonchev–Trinajstić information content (AvgIpc) is 2.53. The van der Waals surface area contributed by atoms with Crippen LogP contribution in [0, 0.1) is 0 Å². The van der Waals surface area contributed by atoms with E-state index < -0.39 is 5.92 Å². The number of carbonyl (C=O) groups excluding carboxylic acids is 1. The van der Waals surface area contributed by atoms with Crippen molar-refractivity contribution in [2.45, 2.75) is 37.6 Å². The summed E-state index contributed by atoms with van der Waals surface area (Å²) < 4.78 is 26.5. The van der Waals surface area contributed by atoms with Crippen molar-refractivity contribution >= 4 is 16.8 Å². The van der Waals surface area contributed by atoms with Gasteiger partial charge in [0.1, 0.15) is 0 Å². The first-order valence-corrected chi connectivity index (χ1v) is 7.47. The largest absolute Gasteiger partial charge is 0.339 e. The van der Waals surface area contributed by atoms with E-state index in [2.05, 4.69) is 4.98 Å². The summed E-state index contributed by atoms with van der Waals surface area (Å²) in [5, 5.41) is 0.794. The topological polar surface area (TPSA) is 33.2 Å². The molecule has 0 atom stereocenters. The highest BCUT2D eigenvalue weighted by molar-refractivity contribution is 6.05. The van der Waals surface area contributed by atoms with Crippen molar-refractivity contribution in [1.29, 1.82) is 0 Å². The highest BCUT2D eigenvalue weighted by Crippen LogP contribution is 2.35. The number of fused-ring (bicyclic) bond motifs is 1. The van der Waals surface area contributed by atoms with E-state index in [1.54, 1.807) is 24.2 Å². The van der Waals surface area contributed by atoms with Crippen molar-refractivity contribution in [3.8, 4) is 0 Å². The Labute approximate surface area is 127 Å². The molecule has 1 amide bonds. The fourth-order valence-corrected chi connectivity index (χ4v) is 3.05. The van der Waals surface area contributed by atoms with Crippen LogP contribution in [0.15, 0.2) is 36.5 Å². The van der Waals surface area contributed by atoms with Gasteiger partial charge in [-0.3, -0.25) is 9.78 Å². The smallest absolute Gasteiger partial charge is 0.254 e. The first kappa shape index (κ1) is 14.9. The summed E-state index contributed by atoms with van der Waals surface area (Å²) >= 11 is 0. The standard InChI is InChI=1S/C17H18F2N2O/c1-21(12-6-9-17(18,19)10-7-12)16(22)14-8-11-20-15-5-3-2-4-13(14)15/h2-5,8,11-12H,6-7,9-10H2,1H3. The maximum absolute atomic E-state index is 13.3. The summed E-state index contributed by atoms with van der Waals surface area (Å²) in [6.45, 7) is 0. The molecule has 3 nitrogen and oxygen atoms in total. The van der Waals surface area contributed by atoms with Gasteiger partial charge in [-0.05, 0) is 25.0 Å². The second-order valence-electron chi connectivity index (χ2n) is 5.88. The second kappa shape index (κ2) is 5.63. The van der Waals surface area contributed by atoms with Crippen molar-refractivity contribution in [3.05, 3.63) is 42.1 Å². The monoisotopic (exact) mass is 304 g/mol. The van der Waals surface area contributed by atoms with Gasteiger partial charge in [0.15, 0.2) is 0 Å². The molecule has 116 valence electrons. The molecule has 0 bridgehead atoms. The Hall–Kier alpha value is -2.04. The number of alkyl halides is 2. The molecule has 0 radical (unpaired) electrons. The van der Waals surface area contributed by atoms with Gasteiger partial charge in [0.2, 0.25) is 5.92 Å². The van der Waals surface area contributed by atoms with E-state index in [1.165, 1.54) is 0 Å². The van der Waals surface area contributed by atoms with Crippen LogP contribution >= 0.6 is 0 Å². The first-order chi connectivity index (χ1) is 10.5. The molecule has 0 aliphatic heterocycles. The molecule has 0 unspecified atom stereocenters. The number of halogens is 2. The Morgan fingerprint density at radius 2 is 1.91 bits per heavy atom. The van der Waals surface area contributed by atoms with Crippen LogP contribution in [0.25, 0.3) is 10.9 Å². The summed E-state index contributed by atoms with van der Waals surface area (Å²) in [6.07, 6.45) is 2.01. The quantitative estimate of drug-likeness (QED) is 0.843. The van der Waals surface area contributed by atoms with Crippen LogP contribution in [-0.4, -0.2) is 34.8 Å². The molecule has 1 aliphatic carbocycles. The molecule has 0 saturated heterocycles. The summed E-state index contributed by atoms with van der Waals surface area (Å²) in [5.74, 6) is -2.71. The molecule has 0 spiro atoms. The summed E-state index contributed by atoms with van der Waals surface area (Å²) in [6, 6.07) is 9.02. The lowest BCUT2D eigenvalue weighted by Gasteiger charge is -2.34. The number of nitrogens with zero attached hydrogens (tertiary/aromatic N) is 2. The van der Waals surface area contributed by atoms with Gasteiger partial charge >= 0.3 is 0 Å². The van der Waals surface area contributed by atoms with Crippen molar-refractivity contribution in [3.63, 3.8) is 0 Å². The van der Waals surface area contributed by atoms with E-state index in [-0.39, 0.29) is 24.8 Å². The lowest BCUT2D eigenvalue weighted by Crippen LogP contribution is -2.41. The number of rotatable bonds is 2. The maximum Gasteiger partial charge on any atom is 0.254 e. The number of carbonyl (C=O) groups is 1. The minimum absolute atomic E-state index is 0.126. The third kappa shape index (κ3) is 2.80. The Kier molecular flexibility index (Phi) is 3.81. The third-order valence-corrected chi connectivity index (χ3v) is 4.43. The van der Waals surface area contributed by atoms with E-state index in [0.717, 1.165) is 10.9 Å². The van der Waals surface area contributed by atoms with E-state index in [9.17, 15) is 13.6 Å². The number of para-hydroxylation sites is 1. The number of hydrogen-bond acceptors (Lipinski definition) is 2. The summed E-state index contributed by atoms with van der Waals surface area (Å²) in [4.78, 5) is 18.6. The highest BCUT2D eigenvalue weighted by atomic mass is 19.3. The SMILES string of the molecule is CN(C(=O)c1ccnc2ccccc12)C1CCC(F)(F)CC1. The van der Waals surface area contributed by atoms with Crippen LogP contribution in [0.4, 0.5) is 8.78 Å². The van der Waals surface area contributed by atoms with Gasteiger partial charge in [-0.2, -0.15) is 0 Å². The Morgan fingerprint density at radius 3 is 2.64 bits per heavy atom. The van der Waals surface area contributed by atoms with Crippen LogP contribution < -0.4 is 0 Å². The molecule has 1 aliphatic rings. The van der Waals surface area contributed by atoms with E-state index >= 15 is 0 Å². The molecule has 22 heavy (non-hydrogen) atoms. The van der Waals surface area contributed by atoms with Crippen LogP contribution in [-0.2, 0) is 0 Å². The van der Waals surface area contributed by atoms with Gasteiger partial charge in [0.25, 0.3) is 5.91 Å². The normalized spacial score (nSPS) is 18.3. The van der Waals surface area contributed by atoms with Crippen LogP contribution in [0.2, 0.25) is 0 Å². The van der Waals surface area contributed by atoms with E-state index in [0.29, 0.717) is 18.4 Å². The molecule has 1 aromatic carbocycles. The average molecular weight is 304 g/mol. The van der Waals surface area contributed by atoms with Gasteiger partial charge in [0.05, 0.1) is 11.1 Å². The molecule has 5 heteroatoms. The van der Waals surface area contributed by atoms with E-state index in [4.69, 9.17) is 0 Å². The zero-order chi connectivity index (χ0) is 15.7. The van der Waals surface area contributed by atoms with Crippen LogP contribution in [0.1, 0.15) is 36.0 Å². The molecule has 1 heterocycles. The molecule has 2 aromatic rings. The van der Waals surface area contributed by atoms with Crippen LogP contribution in [0.5, 0.6) is 0 Å².